The van der Waals surface area contributed by atoms with Crippen LogP contribution in [0.2, 0.25) is 0 Å². The Kier molecular flexibility index (Phi) is 4.12. The maximum Gasteiger partial charge on any atom is 0.189 e. The van der Waals surface area contributed by atoms with Crippen LogP contribution in [0.3, 0.4) is 0 Å². The number of benzene rings is 1. The second-order valence-electron chi connectivity index (χ2n) is 2.41. The van der Waals surface area contributed by atoms with Crippen molar-refractivity contribution >= 4 is 0 Å². The number of hydrogen-bond donors (Lipinski definition) is 0. The van der Waals surface area contributed by atoms with E-state index in [9.17, 15) is 0 Å². The maximum atomic E-state index is 5.32. The normalized spacial score (nSPS) is 9.69. The van der Waals surface area contributed by atoms with Crippen LogP contribution in [0.15, 0.2) is 24.3 Å². The number of ether oxygens (including phenoxy) is 3. The first-order valence-electron chi connectivity index (χ1n) is 4.22. The molecular weight excluding hydrogens is 168 g/mol. The summed E-state index contributed by atoms with van der Waals surface area (Å²) in [6.07, 6.45) is 0. The van der Waals surface area contributed by atoms with Gasteiger partial charge >= 0.3 is 0 Å². The zero-order chi connectivity index (χ0) is 9.52. The van der Waals surface area contributed by atoms with E-state index in [1.54, 1.807) is 7.11 Å². The molecule has 0 saturated heterocycles. The monoisotopic (exact) mass is 182 g/mol. The molecule has 0 spiro atoms. The molecule has 0 atom stereocenters. The van der Waals surface area contributed by atoms with Crippen molar-refractivity contribution in [1.29, 1.82) is 0 Å². The molecule has 0 bridgehead atoms. The van der Waals surface area contributed by atoms with E-state index in [4.69, 9.17) is 14.2 Å². The van der Waals surface area contributed by atoms with Crippen LogP contribution in [0, 0.1) is 0 Å². The van der Waals surface area contributed by atoms with Gasteiger partial charge in [0.15, 0.2) is 18.3 Å². The van der Waals surface area contributed by atoms with Crippen LogP contribution in [0.5, 0.6) is 11.5 Å². The number of para-hydroxylation sites is 2. The molecule has 0 aromatic heterocycles. The Hall–Kier alpha value is -1.22. The molecule has 1 rings (SSSR count). The van der Waals surface area contributed by atoms with Crippen LogP contribution < -0.4 is 9.47 Å². The van der Waals surface area contributed by atoms with Gasteiger partial charge in [-0.25, -0.2) is 0 Å². The first kappa shape index (κ1) is 9.86. The van der Waals surface area contributed by atoms with Crippen molar-refractivity contribution in [3.8, 4) is 11.5 Å². The summed E-state index contributed by atoms with van der Waals surface area (Å²) in [5, 5.41) is 0. The van der Waals surface area contributed by atoms with Crippen molar-refractivity contribution in [3.05, 3.63) is 24.3 Å². The highest BCUT2D eigenvalue weighted by Gasteiger charge is 2.00. The highest BCUT2D eigenvalue weighted by molar-refractivity contribution is 5.39. The fraction of sp³-hybridized carbons (Fsp3) is 0.400. The van der Waals surface area contributed by atoms with Crippen LogP contribution in [0.1, 0.15) is 6.92 Å². The molecule has 1 aromatic rings. The first-order valence-corrected chi connectivity index (χ1v) is 4.22. The average Bonchev–Trinajstić information content (AvgIpc) is 2.19. The summed E-state index contributed by atoms with van der Waals surface area (Å²) in [4.78, 5) is 0. The van der Waals surface area contributed by atoms with Crippen LogP contribution in [0.25, 0.3) is 0 Å². The van der Waals surface area contributed by atoms with E-state index in [0.29, 0.717) is 12.4 Å². The summed E-state index contributed by atoms with van der Waals surface area (Å²) < 4.78 is 15.5. The van der Waals surface area contributed by atoms with E-state index in [2.05, 4.69) is 0 Å². The van der Waals surface area contributed by atoms with Gasteiger partial charge in [-0.3, -0.25) is 0 Å². The third-order valence-corrected chi connectivity index (χ3v) is 1.57. The molecule has 0 radical (unpaired) electrons. The summed E-state index contributed by atoms with van der Waals surface area (Å²) in [6, 6.07) is 7.48. The highest BCUT2D eigenvalue weighted by atomic mass is 16.7. The van der Waals surface area contributed by atoms with Gasteiger partial charge in [0.2, 0.25) is 0 Å². The van der Waals surface area contributed by atoms with Crippen molar-refractivity contribution in [3.63, 3.8) is 0 Å². The molecule has 13 heavy (non-hydrogen) atoms. The zero-order valence-electron chi connectivity index (χ0n) is 7.95. The summed E-state index contributed by atoms with van der Waals surface area (Å²) in [5.41, 5.74) is 0. The van der Waals surface area contributed by atoms with Crippen molar-refractivity contribution in [1.82, 2.24) is 0 Å². The Morgan fingerprint density at radius 1 is 1.15 bits per heavy atom. The lowest BCUT2D eigenvalue weighted by atomic mass is 10.3. The molecule has 0 aliphatic carbocycles. The van der Waals surface area contributed by atoms with E-state index < -0.39 is 0 Å². The predicted molar refractivity (Wildman–Crippen MR) is 50.1 cm³/mol. The van der Waals surface area contributed by atoms with Gasteiger partial charge in [0.05, 0.1) is 7.11 Å². The zero-order valence-corrected chi connectivity index (χ0v) is 7.95. The van der Waals surface area contributed by atoms with Crippen molar-refractivity contribution in [2.45, 2.75) is 6.92 Å². The van der Waals surface area contributed by atoms with Gasteiger partial charge < -0.3 is 14.2 Å². The van der Waals surface area contributed by atoms with Gasteiger partial charge in [0, 0.05) is 6.61 Å². The quantitative estimate of drug-likeness (QED) is 0.515. The molecule has 0 heterocycles. The summed E-state index contributed by atoms with van der Waals surface area (Å²) in [7, 11) is 1.61. The van der Waals surface area contributed by atoms with Crippen LogP contribution in [-0.4, -0.2) is 20.5 Å². The van der Waals surface area contributed by atoms with E-state index >= 15 is 0 Å². The molecule has 3 nitrogen and oxygen atoms in total. The standard InChI is InChI=1S/C10H14O3/c1-3-12-8-13-10-7-5-4-6-9(10)11-2/h4-7H,3,8H2,1-2H3. The Labute approximate surface area is 78.2 Å². The van der Waals surface area contributed by atoms with Crippen LogP contribution >= 0.6 is 0 Å². The van der Waals surface area contributed by atoms with Crippen LogP contribution in [0.4, 0.5) is 0 Å². The average molecular weight is 182 g/mol. The lowest BCUT2D eigenvalue weighted by Gasteiger charge is -2.09. The second-order valence-corrected chi connectivity index (χ2v) is 2.41. The predicted octanol–water partition coefficient (Wildman–Crippen LogP) is 2.07. The Morgan fingerprint density at radius 3 is 2.46 bits per heavy atom. The number of rotatable bonds is 5. The SMILES string of the molecule is CCOCOc1ccccc1OC. The van der Waals surface area contributed by atoms with Crippen molar-refractivity contribution in [2.75, 3.05) is 20.5 Å². The number of hydrogen-bond acceptors (Lipinski definition) is 3. The molecule has 3 heteroatoms. The molecule has 0 amide bonds. The smallest absolute Gasteiger partial charge is 0.189 e. The van der Waals surface area contributed by atoms with E-state index in [1.807, 2.05) is 31.2 Å². The second kappa shape index (κ2) is 5.43. The summed E-state index contributed by atoms with van der Waals surface area (Å²) >= 11 is 0. The first-order chi connectivity index (χ1) is 6.38. The third-order valence-electron chi connectivity index (χ3n) is 1.57. The van der Waals surface area contributed by atoms with Gasteiger partial charge in [-0.05, 0) is 19.1 Å². The minimum absolute atomic E-state index is 0.261. The topological polar surface area (TPSA) is 27.7 Å². The minimum Gasteiger partial charge on any atom is -0.493 e. The van der Waals surface area contributed by atoms with Crippen molar-refractivity contribution < 1.29 is 14.2 Å². The van der Waals surface area contributed by atoms with Gasteiger partial charge in [-0.1, -0.05) is 12.1 Å². The molecule has 0 aliphatic rings. The molecule has 1 aromatic carbocycles. The summed E-state index contributed by atoms with van der Waals surface area (Å²) in [5.74, 6) is 1.43. The molecule has 0 saturated carbocycles. The van der Waals surface area contributed by atoms with Gasteiger partial charge in [0.25, 0.3) is 0 Å². The lowest BCUT2D eigenvalue weighted by molar-refractivity contribution is 0.0209. The summed E-state index contributed by atoms with van der Waals surface area (Å²) in [6.45, 7) is 2.83. The molecule has 72 valence electrons. The fourth-order valence-corrected chi connectivity index (χ4v) is 0.927. The van der Waals surface area contributed by atoms with Gasteiger partial charge in [-0.15, -0.1) is 0 Å². The maximum absolute atomic E-state index is 5.32. The largest absolute Gasteiger partial charge is 0.493 e. The molecule has 0 fully saturated rings. The Balaban J connectivity index is 2.54. The molecule has 0 unspecified atom stereocenters. The number of methoxy groups -OCH3 is 1. The molecule has 0 aliphatic heterocycles. The van der Waals surface area contributed by atoms with Gasteiger partial charge in [0.1, 0.15) is 0 Å². The Morgan fingerprint density at radius 2 is 1.85 bits per heavy atom. The van der Waals surface area contributed by atoms with E-state index in [0.717, 1.165) is 5.75 Å². The van der Waals surface area contributed by atoms with Crippen LogP contribution in [-0.2, 0) is 4.74 Å². The Bertz CT molecular complexity index is 248. The van der Waals surface area contributed by atoms with E-state index in [1.165, 1.54) is 0 Å². The highest BCUT2D eigenvalue weighted by Crippen LogP contribution is 2.25. The molecular formula is C10H14O3. The fourth-order valence-electron chi connectivity index (χ4n) is 0.927. The molecule has 0 N–H and O–H groups in total. The van der Waals surface area contributed by atoms with Gasteiger partial charge in [-0.2, -0.15) is 0 Å². The van der Waals surface area contributed by atoms with E-state index in [-0.39, 0.29) is 6.79 Å². The lowest BCUT2D eigenvalue weighted by Crippen LogP contribution is -2.02. The third kappa shape index (κ3) is 2.95. The minimum atomic E-state index is 0.261. The van der Waals surface area contributed by atoms with Crippen molar-refractivity contribution in [2.24, 2.45) is 0 Å².